The molecule has 0 aromatic rings. The highest BCUT2D eigenvalue weighted by Gasteiger charge is 2.51. The van der Waals surface area contributed by atoms with E-state index in [9.17, 15) is 40.2 Å². The van der Waals surface area contributed by atoms with Gasteiger partial charge in [-0.25, -0.2) is 9.59 Å². The maximum absolute atomic E-state index is 12.9. The lowest BCUT2D eigenvalue weighted by atomic mass is 9.87. The Labute approximate surface area is 304 Å². The molecule has 18 nitrogen and oxygen atoms in total. The standard InChI is InChI=1S/C34H60N2O16/c1-9-20-24(40)18(38)12-22(46-20)48-27-15(2)45-30(26(27)42)50-29-17(37)11-10-16(36-32(44)52-34(6,7)8)28(29)49-23-13-19(39)25(41)21(47-23)14-35-31(43)51-33(3,4)5/h15-30,37-42H,9-14H2,1-8H3,(H,35,43)(H,36,44)/t15-,16+,17+,18-,19-,20+,21-,22-,23-,24+,25?,26-,27?,28?,29-,30+/m1/s1. The maximum Gasteiger partial charge on any atom is 0.407 e. The first-order valence-electron chi connectivity index (χ1n) is 18.1. The molecule has 0 radical (unpaired) electrons. The van der Waals surface area contributed by atoms with Crippen molar-refractivity contribution < 1.29 is 78.1 Å². The Morgan fingerprint density at radius 3 is 1.79 bits per heavy atom. The van der Waals surface area contributed by atoms with Crippen molar-refractivity contribution in [1.29, 1.82) is 0 Å². The summed E-state index contributed by atoms with van der Waals surface area (Å²) in [5, 5.41) is 69.9. The first kappa shape index (κ1) is 42.8. The van der Waals surface area contributed by atoms with Crippen LogP contribution in [0.5, 0.6) is 0 Å². The lowest BCUT2D eigenvalue weighted by Gasteiger charge is -2.45. The highest BCUT2D eigenvalue weighted by atomic mass is 16.8. The van der Waals surface area contributed by atoms with Gasteiger partial charge in [-0.15, -0.1) is 0 Å². The van der Waals surface area contributed by atoms with Crippen LogP contribution >= 0.6 is 0 Å². The molecule has 1 saturated carbocycles. The molecule has 8 N–H and O–H groups in total. The van der Waals surface area contributed by atoms with E-state index in [4.69, 9.17) is 37.9 Å². The van der Waals surface area contributed by atoms with Gasteiger partial charge in [-0.3, -0.25) is 0 Å². The molecule has 4 rings (SSSR count). The molecule has 52 heavy (non-hydrogen) atoms. The predicted octanol–water partition coefficient (Wildman–Crippen LogP) is -0.0960. The van der Waals surface area contributed by atoms with Gasteiger partial charge in [-0.2, -0.15) is 0 Å². The molecular formula is C34H60N2O16. The summed E-state index contributed by atoms with van der Waals surface area (Å²) in [5.41, 5.74) is -1.60. The van der Waals surface area contributed by atoms with Crippen LogP contribution in [-0.4, -0.2) is 159 Å². The molecule has 4 aliphatic rings. The second-order valence-electron chi connectivity index (χ2n) is 16.0. The summed E-state index contributed by atoms with van der Waals surface area (Å²) in [7, 11) is 0. The number of aliphatic hydroxyl groups is 6. The van der Waals surface area contributed by atoms with Crippen molar-refractivity contribution in [3.8, 4) is 0 Å². The van der Waals surface area contributed by atoms with Crippen LogP contribution in [0.4, 0.5) is 9.59 Å². The Balaban J connectivity index is 1.50. The number of ether oxygens (including phenoxy) is 8. The number of hydrogen-bond donors (Lipinski definition) is 8. The Bertz CT molecular complexity index is 1170. The highest BCUT2D eigenvalue weighted by molar-refractivity contribution is 5.68. The summed E-state index contributed by atoms with van der Waals surface area (Å²) in [6.45, 7) is 13.4. The van der Waals surface area contributed by atoms with Crippen LogP contribution in [0.2, 0.25) is 0 Å². The number of amides is 2. The summed E-state index contributed by atoms with van der Waals surface area (Å²) in [4.78, 5) is 25.2. The van der Waals surface area contributed by atoms with Crippen molar-refractivity contribution in [3.05, 3.63) is 0 Å². The molecule has 16 atom stereocenters. The molecule has 0 bridgehead atoms. The molecule has 3 heterocycles. The third-order valence-corrected chi connectivity index (χ3v) is 9.23. The van der Waals surface area contributed by atoms with Crippen molar-refractivity contribution >= 4 is 12.2 Å². The molecule has 3 unspecified atom stereocenters. The van der Waals surface area contributed by atoms with Gasteiger partial charge in [0.1, 0.15) is 53.9 Å². The fourth-order valence-corrected chi connectivity index (χ4v) is 6.70. The Morgan fingerprint density at radius 1 is 0.673 bits per heavy atom. The van der Waals surface area contributed by atoms with E-state index < -0.39 is 122 Å². The Morgan fingerprint density at radius 2 is 1.21 bits per heavy atom. The minimum atomic E-state index is -1.40. The van der Waals surface area contributed by atoms with Gasteiger partial charge in [-0.1, -0.05) is 6.92 Å². The van der Waals surface area contributed by atoms with E-state index in [0.717, 1.165) is 0 Å². The monoisotopic (exact) mass is 752 g/mol. The summed E-state index contributed by atoms with van der Waals surface area (Å²) in [6, 6.07) is -0.827. The second kappa shape index (κ2) is 17.7. The minimum Gasteiger partial charge on any atom is -0.444 e. The molecule has 302 valence electrons. The molecule has 18 heteroatoms. The van der Waals surface area contributed by atoms with Gasteiger partial charge in [0.25, 0.3) is 0 Å². The number of nitrogens with one attached hydrogen (secondary N) is 2. The van der Waals surface area contributed by atoms with E-state index in [0.29, 0.717) is 6.42 Å². The molecule has 0 aromatic heterocycles. The van der Waals surface area contributed by atoms with Crippen LogP contribution in [0.3, 0.4) is 0 Å². The van der Waals surface area contributed by atoms with Gasteiger partial charge < -0.3 is 79.2 Å². The van der Waals surface area contributed by atoms with Gasteiger partial charge in [0.15, 0.2) is 18.9 Å². The number of alkyl carbamates (subject to hydrolysis) is 2. The lowest BCUT2D eigenvalue weighted by Crippen LogP contribution is -2.62. The Hall–Kier alpha value is -1.94. The van der Waals surface area contributed by atoms with Crippen molar-refractivity contribution in [1.82, 2.24) is 10.6 Å². The van der Waals surface area contributed by atoms with Crippen molar-refractivity contribution in [2.75, 3.05) is 6.54 Å². The summed E-state index contributed by atoms with van der Waals surface area (Å²) in [6.07, 6.45) is -17.9. The van der Waals surface area contributed by atoms with Crippen LogP contribution in [0.25, 0.3) is 0 Å². The van der Waals surface area contributed by atoms with Crippen LogP contribution in [0, 0.1) is 0 Å². The first-order valence-corrected chi connectivity index (χ1v) is 18.1. The molecule has 0 spiro atoms. The summed E-state index contributed by atoms with van der Waals surface area (Å²) >= 11 is 0. The fourth-order valence-electron chi connectivity index (χ4n) is 6.70. The minimum absolute atomic E-state index is 0.0371. The van der Waals surface area contributed by atoms with Gasteiger partial charge in [-0.05, 0) is 67.7 Å². The largest absolute Gasteiger partial charge is 0.444 e. The average Bonchev–Trinajstić information content (AvgIpc) is 3.28. The molecule has 3 saturated heterocycles. The number of hydrogen-bond acceptors (Lipinski definition) is 16. The smallest absolute Gasteiger partial charge is 0.407 e. The molecule has 0 aromatic carbocycles. The quantitative estimate of drug-likeness (QED) is 0.145. The summed E-state index contributed by atoms with van der Waals surface area (Å²) in [5.74, 6) is 0. The van der Waals surface area contributed by atoms with Crippen molar-refractivity contribution in [2.45, 2.75) is 197 Å². The number of carbonyl (C=O) groups excluding carboxylic acids is 2. The van der Waals surface area contributed by atoms with Crippen LogP contribution < -0.4 is 10.6 Å². The van der Waals surface area contributed by atoms with Gasteiger partial charge in [0.2, 0.25) is 0 Å². The van der Waals surface area contributed by atoms with Crippen LogP contribution in [0.1, 0.15) is 87.5 Å². The topological polar surface area (TPSA) is 253 Å². The first-order chi connectivity index (χ1) is 24.1. The fraction of sp³-hybridized carbons (Fsp3) is 0.941. The van der Waals surface area contributed by atoms with E-state index in [1.165, 1.54) is 0 Å². The molecule has 4 fully saturated rings. The zero-order valence-corrected chi connectivity index (χ0v) is 31.2. The van der Waals surface area contributed by atoms with Crippen molar-refractivity contribution in [3.63, 3.8) is 0 Å². The van der Waals surface area contributed by atoms with E-state index in [1.54, 1.807) is 55.4 Å². The summed E-state index contributed by atoms with van der Waals surface area (Å²) < 4.78 is 47.0. The van der Waals surface area contributed by atoms with Gasteiger partial charge in [0.05, 0.1) is 36.6 Å². The highest BCUT2D eigenvalue weighted by Crippen LogP contribution is 2.35. The maximum atomic E-state index is 12.9. The Kier molecular flexibility index (Phi) is 14.6. The zero-order chi connectivity index (χ0) is 38.7. The van der Waals surface area contributed by atoms with Crippen molar-refractivity contribution in [2.24, 2.45) is 0 Å². The van der Waals surface area contributed by atoms with Gasteiger partial charge in [0, 0.05) is 19.4 Å². The third-order valence-electron chi connectivity index (χ3n) is 9.23. The molecule has 2 amide bonds. The van der Waals surface area contributed by atoms with E-state index in [2.05, 4.69) is 10.6 Å². The normalized spacial score (nSPS) is 41.7. The zero-order valence-electron chi connectivity index (χ0n) is 31.2. The number of rotatable bonds is 10. The van der Waals surface area contributed by atoms with Crippen LogP contribution in [-0.2, 0) is 37.9 Å². The molecule has 1 aliphatic carbocycles. The number of aliphatic hydroxyl groups excluding tert-OH is 6. The van der Waals surface area contributed by atoms with E-state index in [-0.39, 0.29) is 32.2 Å². The molecular weight excluding hydrogens is 692 g/mol. The van der Waals surface area contributed by atoms with E-state index in [1.807, 2.05) is 0 Å². The third kappa shape index (κ3) is 11.5. The number of carbonyl (C=O) groups is 2. The van der Waals surface area contributed by atoms with Crippen LogP contribution in [0.15, 0.2) is 0 Å². The second-order valence-corrected chi connectivity index (χ2v) is 16.0. The van der Waals surface area contributed by atoms with Gasteiger partial charge >= 0.3 is 12.2 Å². The average molecular weight is 753 g/mol. The SMILES string of the molecule is CC[C@@H]1O[C@H](OC2[C@@H](O)[C@H](O[C@H]3C(O[C@@H]4C[C@@H](O)C(O)[C@@H](CNC(=O)OC(C)(C)C)O4)[C@@H](NC(=O)OC(C)(C)C)CC[C@@H]3O)O[C@@H]2C)C[C@@H](O)[C@@H]1O. The van der Waals surface area contributed by atoms with E-state index >= 15 is 0 Å². The predicted molar refractivity (Wildman–Crippen MR) is 178 cm³/mol. The molecule has 3 aliphatic heterocycles. The lowest BCUT2D eigenvalue weighted by molar-refractivity contribution is -0.302.